The summed E-state index contributed by atoms with van der Waals surface area (Å²) in [7, 11) is 0. The fraction of sp³-hybridized carbons (Fsp3) is 0.429. The lowest BCUT2D eigenvalue weighted by Crippen LogP contribution is -2.30. The van der Waals surface area contributed by atoms with Crippen LogP contribution < -0.4 is 10.5 Å². The third kappa shape index (κ3) is 3.54. The van der Waals surface area contributed by atoms with E-state index in [-0.39, 0.29) is 6.61 Å². The van der Waals surface area contributed by atoms with E-state index in [1.807, 2.05) is 38.1 Å². The highest BCUT2D eigenvalue weighted by Gasteiger charge is 2.21. The van der Waals surface area contributed by atoms with Crippen molar-refractivity contribution in [1.82, 2.24) is 10.1 Å². The standard InChI is InChI=1S/C14H19N3O2/c1-4-10-5-7-11(8-6-10)18-9-12-16-13(17-19-12)14(2,3)15/h5-8H,4,9,15H2,1-3H3. The first-order valence-corrected chi connectivity index (χ1v) is 6.32. The number of nitrogens with zero attached hydrogens (tertiary/aromatic N) is 2. The minimum absolute atomic E-state index is 0.245. The van der Waals surface area contributed by atoms with Crippen LogP contribution in [0.2, 0.25) is 0 Å². The van der Waals surface area contributed by atoms with Gasteiger partial charge in [-0.2, -0.15) is 4.98 Å². The summed E-state index contributed by atoms with van der Waals surface area (Å²) >= 11 is 0. The summed E-state index contributed by atoms with van der Waals surface area (Å²) in [5, 5.41) is 3.84. The van der Waals surface area contributed by atoms with Gasteiger partial charge in [-0.25, -0.2) is 0 Å². The lowest BCUT2D eigenvalue weighted by Gasteiger charge is -2.11. The molecule has 0 spiro atoms. The maximum Gasteiger partial charge on any atom is 0.264 e. The van der Waals surface area contributed by atoms with Crippen molar-refractivity contribution in [2.45, 2.75) is 39.3 Å². The molecule has 0 fully saturated rings. The van der Waals surface area contributed by atoms with Crippen molar-refractivity contribution in [2.75, 3.05) is 0 Å². The third-order valence-electron chi connectivity index (χ3n) is 2.74. The second-order valence-electron chi connectivity index (χ2n) is 5.02. The Kier molecular flexibility index (Phi) is 3.85. The van der Waals surface area contributed by atoms with Crippen LogP contribution in [0.4, 0.5) is 0 Å². The van der Waals surface area contributed by atoms with Gasteiger partial charge in [-0.05, 0) is 38.0 Å². The van der Waals surface area contributed by atoms with Crippen molar-refractivity contribution in [2.24, 2.45) is 5.73 Å². The smallest absolute Gasteiger partial charge is 0.264 e. The molecular weight excluding hydrogens is 242 g/mol. The molecule has 5 heteroatoms. The number of benzene rings is 1. The molecule has 1 heterocycles. The van der Waals surface area contributed by atoms with Crippen LogP contribution >= 0.6 is 0 Å². The SMILES string of the molecule is CCc1ccc(OCc2nc(C(C)(C)N)no2)cc1. The topological polar surface area (TPSA) is 74.2 Å². The molecule has 5 nitrogen and oxygen atoms in total. The Labute approximate surface area is 112 Å². The largest absolute Gasteiger partial charge is 0.484 e. The minimum atomic E-state index is -0.607. The first-order valence-electron chi connectivity index (χ1n) is 6.32. The predicted molar refractivity (Wildman–Crippen MR) is 71.7 cm³/mol. The zero-order valence-electron chi connectivity index (χ0n) is 11.5. The van der Waals surface area contributed by atoms with Crippen LogP contribution in [0.1, 0.15) is 38.0 Å². The van der Waals surface area contributed by atoms with Crippen LogP contribution in [0.3, 0.4) is 0 Å². The molecule has 1 aromatic heterocycles. The van der Waals surface area contributed by atoms with E-state index in [0.717, 1.165) is 12.2 Å². The fourth-order valence-electron chi connectivity index (χ4n) is 1.54. The molecule has 2 aromatic rings. The van der Waals surface area contributed by atoms with Crippen molar-refractivity contribution >= 4 is 0 Å². The Morgan fingerprint density at radius 3 is 2.47 bits per heavy atom. The van der Waals surface area contributed by atoms with E-state index >= 15 is 0 Å². The van der Waals surface area contributed by atoms with Gasteiger partial charge in [0.05, 0.1) is 5.54 Å². The maximum atomic E-state index is 5.88. The number of aromatic nitrogens is 2. The molecule has 102 valence electrons. The van der Waals surface area contributed by atoms with E-state index in [4.69, 9.17) is 15.0 Å². The zero-order valence-corrected chi connectivity index (χ0v) is 11.5. The van der Waals surface area contributed by atoms with Crippen LogP contribution in [-0.2, 0) is 18.6 Å². The molecule has 0 bridgehead atoms. The Bertz CT molecular complexity index is 526. The molecule has 2 rings (SSSR count). The minimum Gasteiger partial charge on any atom is -0.484 e. The van der Waals surface area contributed by atoms with Crippen LogP contribution in [0.5, 0.6) is 5.75 Å². The van der Waals surface area contributed by atoms with E-state index in [0.29, 0.717) is 11.7 Å². The lowest BCUT2D eigenvalue weighted by atomic mass is 10.1. The van der Waals surface area contributed by atoms with Gasteiger partial charge in [0.15, 0.2) is 12.4 Å². The van der Waals surface area contributed by atoms with Gasteiger partial charge in [-0.1, -0.05) is 24.2 Å². The molecule has 2 N–H and O–H groups in total. The van der Waals surface area contributed by atoms with E-state index in [2.05, 4.69) is 17.1 Å². The highest BCUT2D eigenvalue weighted by molar-refractivity contribution is 5.27. The first kappa shape index (κ1) is 13.5. The molecular formula is C14H19N3O2. The van der Waals surface area contributed by atoms with Gasteiger partial charge in [-0.15, -0.1) is 0 Å². The number of rotatable bonds is 5. The van der Waals surface area contributed by atoms with Gasteiger partial charge in [-0.3, -0.25) is 0 Å². The predicted octanol–water partition coefficient (Wildman–Crippen LogP) is 2.40. The van der Waals surface area contributed by atoms with Gasteiger partial charge in [0, 0.05) is 0 Å². The number of hydrogen-bond donors (Lipinski definition) is 1. The normalized spacial score (nSPS) is 11.6. The van der Waals surface area contributed by atoms with Gasteiger partial charge >= 0.3 is 0 Å². The monoisotopic (exact) mass is 261 g/mol. The molecule has 1 aromatic carbocycles. The number of aryl methyl sites for hydroxylation is 1. The fourth-order valence-corrected chi connectivity index (χ4v) is 1.54. The molecule has 0 atom stereocenters. The van der Waals surface area contributed by atoms with Crippen molar-refractivity contribution in [3.05, 3.63) is 41.5 Å². The molecule has 0 aliphatic heterocycles. The van der Waals surface area contributed by atoms with Crippen LogP contribution in [-0.4, -0.2) is 10.1 Å². The van der Waals surface area contributed by atoms with E-state index < -0.39 is 5.54 Å². The van der Waals surface area contributed by atoms with Crippen LogP contribution in [0.15, 0.2) is 28.8 Å². The molecule has 0 aliphatic carbocycles. The Morgan fingerprint density at radius 1 is 1.26 bits per heavy atom. The maximum absolute atomic E-state index is 5.88. The van der Waals surface area contributed by atoms with Gasteiger partial charge in [0.25, 0.3) is 5.89 Å². The molecule has 0 saturated heterocycles. The second kappa shape index (κ2) is 5.40. The van der Waals surface area contributed by atoms with Crippen molar-refractivity contribution in [3.8, 4) is 5.75 Å². The summed E-state index contributed by atoms with van der Waals surface area (Å²) in [6, 6.07) is 7.95. The van der Waals surface area contributed by atoms with Crippen molar-refractivity contribution in [3.63, 3.8) is 0 Å². The van der Waals surface area contributed by atoms with Gasteiger partial charge in [0.2, 0.25) is 0 Å². The van der Waals surface area contributed by atoms with Crippen LogP contribution in [0, 0.1) is 0 Å². The molecule has 0 saturated carbocycles. The third-order valence-corrected chi connectivity index (χ3v) is 2.74. The summed E-state index contributed by atoms with van der Waals surface area (Å²) in [6.07, 6.45) is 1.01. The Balaban J connectivity index is 1.96. The summed E-state index contributed by atoms with van der Waals surface area (Å²) in [5.41, 5.74) is 6.55. The Hall–Kier alpha value is -1.88. The summed E-state index contributed by atoms with van der Waals surface area (Å²) < 4.78 is 10.7. The van der Waals surface area contributed by atoms with E-state index in [1.54, 1.807) is 0 Å². The number of nitrogens with two attached hydrogens (primary N) is 1. The van der Waals surface area contributed by atoms with Gasteiger partial charge in [0.1, 0.15) is 5.75 Å². The second-order valence-corrected chi connectivity index (χ2v) is 5.02. The molecule has 0 amide bonds. The zero-order chi connectivity index (χ0) is 13.9. The highest BCUT2D eigenvalue weighted by atomic mass is 16.5. The van der Waals surface area contributed by atoms with Crippen molar-refractivity contribution in [1.29, 1.82) is 0 Å². The molecule has 0 radical (unpaired) electrons. The van der Waals surface area contributed by atoms with Crippen molar-refractivity contribution < 1.29 is 9.26 Å². The summed E-state index contributed by atoms with van der Waals surface area (Å²) in [6.45, 7) is 6.01. The van der Waals surface area contributed by atoms with Gasteiger partial charge < -0.3 is 15.0 Å². The number of hydrogen-bond acceptors (Lipinski definition) is 5. The van der Waals surface area contributed by atoms with E-state index in [1.165, 1.54) is 5.56 Å². The van der Waals surface area contributed by atoms with E-state index in [9.17, 15) is 0 Å². The quantitative estimate of drug-likeness (QED) is 0.894. The lowest BCUT2D eigenvalue weighted by molar-refractivity contribution is 0.242. The number of ether oxygens (including phenoxy) is 1. The van der Waals surface area contributed by atoms with Crippen LogP contribution in [0.25, 0.3) is 0 Å². The average molecular weight is 261 g/mol. The molecule has 0 aliphatic rings. The molecule has 0 unspecified atom stereocenters. The first-order chi connectivity index (χ1) is 8.99. The summed E-state index contributed by atoms with van der Waals surface area (Å²) in [4.78, 5) is 4.20. The highest BCUT2D eigenvalue weighted by Crippen LogP contribution is 2.16. The molecule has 19 heavy (non-hydrogen) atoms. The summed E-state index contributed by atoms with van der Waals surface area (Å²) in [5.74, 6) is 1.68. The average Bonchev–Trinajstić information content (AvgIpc) is 2.86. The Morgan fingerprint density at radius 2 is 1.95 bits per heavy atom.